The van der Waals surface area contributed by atoms with E-state index >= 15 is 0 Å². The van der Waals surface area contributed by atoms with Gasteiger partial charge in [-0.25, -0.2) is 9.36 Å². The molecule has 0 aliphatic heterocycles. The molecule has 36 heavy (non-hydrogen) atoms. The monoisotopic (exact) mass is 494 g/mol. The lowest BCUT2D eigenvalue weighted by atomic mass is 9.96. The fraction of sp³-hybridized carbons (Fsp3) is 0.346. The van der Waals surface area contributed by atoms with Crippen LogP contribution < -0.4 is 21.9 Å². The molecule has 3 rings (SSSR count). The van der Waals surface area contributed by atoms with Gasteiger partial charge in [0.25, 0.3) is 5.56 Å². The number of benzene rings is 2. The van der Waals surface area contributed by atoms with Gasteiger partial charge in [-0.3, -0.25) is 19.2 Å². The molecule has 0 saturated heterocycles. The van der Waals surface area contributed by atoms with Gasteiger partial charge in [-0.15, -0.1) is 0 Å². The number of fused-ring (bicyclic) bond motifs is 1. The molecule has 1 aromatic heterocycles. The first-order valence-corrected chi connectivity index (χ1v) is 11.7. The molecule has 0 spiro atoms. The van der Waals surface area contributed by atoms with E-state index in [1.54, 1.807) is 61.5 Å². The van der Waals surface area contributed by atoms with Gasteiger partial charge in [0.2, 0.25) is 11.8 Å². The van der Waals surface area contributed by atoms with Crippen LogP contribution in [-0.4, -0.2) is 44.5 Å². The molecule has 4 atom stereocenters. The van der Waals surface area contributed by atoms with Gasteiger partial charge in [0, 0.05) is 6.42 Å². The summed E-state index contributed by atoms with van der Waals surface area (Å²) in [6, 6.07) is 11.9. The number of carbonyl (C=O) groups is 3. The van der Waals surface area contributed by atoms with Crippen LogP contribution in [0.1, 0.15) is 38.8 Å². The minimum absolute atomic E-state index is 0.0222. The van der Waals surface area contributed by atoms with Crippen LogP contribution in [0, 0.1) is 5.92 Å². The number of carboxylic acid groups (broad SMARTS) is 1. The molecule has 190 valence electrons. The molecule has 0 bridgehead atoms. The van der Waals surface area contributed by atoms with Gasteiger partial charge >= 0.3 is 11.7 Å². The number of carboxylic acids is 1. The largest absolute Gasteiger partial charge is 0.480 e. The maximum Gasteiger partial charge on any atom is 0.329 e. The lowest BCUT2D eigenvalue weighted by Gasteiger charge is -2.27. The van der Waals surface area contributed by atoms with Gasteiger partial charge in [-0.1, -0.05) is 62.7 Å². The van der Waals surface area contributed by atoms with Crippen molar-refractivity contribution in [2.75, 3.05) is 0 Å². The summed E-state index contributed by atoms with van der Waals surface area (Å²) in [6.07, 6.45) is 0.536. The number of nitrogens with one attached hydrogen (secondary N) is 3. The zero-order valence-corrected chi connectivity index (χ0v) is 20.4. The van der Waals surface area contributed by atoms with Crippen molar-refractivity contribution in [2.24, 2.45) is 5.92 Å². The van der Waals surface area contributed by atoms with Crippen molar-refractivity contribution in [3.8, 4) is 0 Å². The van der Waals surface area contributed by atoms with E-state index in [4.69, 9.17) is 5.11 Å². The van der Waals surface area contributed by atoms with Crippen molar-refractivity contribution in [3.63, 3.8) is 0 Å². The Labute approximate surface area is 207 Å². The van der Waals surface area contributed by atoms with E-state index in [0.717, 1.165) is 4.57 Å². The highest BCUT2D eigenvalue weighted by Gasteiger charge is 2.32. The summed E-state index contributed by atoms with van der Waals surface area (Å²) in [4.78, 5) is 66.7. The molecular formula is C26H30N4O6. The Bertz CT molecular complexity index is 1360. The van der Waals surface area contributed by atoms with Gasteiger partial charge in [-0.2, -0.15) is 0 Å². The average molecular weight is 495 g/mol. The summed E-state index contributed by atoms with van der Waals surface area (Å²) in [5.41, 5.74) is -0.323. The molecule has 0 radical (unpaired) electrons. The van der Waals surface area contributed by atoms with Crippen LogP contribution in [0.2, 0.25) is 0 Å². The molecule has 0 fully saturated rings. The number of aromatic amines is 1. The van der Waals surface area contributed by atoms with Crippen LogP contribution in [0.3, 0.4) is 0 Å². The second-order valence-electron chi connectivity index (χ2n) is 8.80. The predicted molar refractivity (Wildman–Crippen MR) is 135 cm³/mol. The number of aliphatic carboxylic acids is 1. The number of nitrogens with zero attached hydrogens (tertiary/aromatic N) is 1. The SMILES string of the molecule is CC[C@H](C)[C@H](NC(=O)[C@H](Cc1ccccc1)n1c(=O)[nH]c2ccccc2c1=O)C(=O)N[C@H](C)C(=O)O. The van der Waals surface area contributed by atoms with Crippen LogP contribution in [0.15, 0.2) is 64.2 Å². The minimum atomic E-state index is -1.26. The number of carbonyl (C=O) groups excluding carboxylic acids is 2. The number of para-hydroxylation sites is 1. The van der Waals surface area contributed by atoms with Gasteiger partial charge in [0.1, 0.15) is 18.1 Å². The minimum Gasteiger partial charge on any atom is -0.480 e. The molecule has 10 nitrogen and oxygen atoms in total. The van der Waals surface area contributed by atoms with Crippen molar-refractivity contribution < 1.29 is 19.5 Å². The molecule has 0 saturated carbocycles. The third-order valence-electron chi connectivity index (χ3n) is 6.25. The Balaban J connectivity index is 2.05. The van der Waals surface area contributed by atoms with Crippen molar-refractivity contribution in [1.82, 2.24) is 20.2 Å². The Morgan fingerprint density at radius 2 is 1.58 bits per heavy atom. The van der Waals surface area contributed by atoms with E-state index in [2.05, 4.69) is 15.6 Å². The quantitative estimate of drug-likeness (QED) is 0.336. The summed E-state index contributed by atoms with van der Waals surface area (Å²) in [5, 5.41) is 14.5. The van der Waals surface area contributed by atoms with E-state index in [-0.39, 0.29) is 17.7 Å². The first kappa shape index (κ1) is 26.4. The molecule has 2 aromatic carbocycles. The van der Waals surface area contributed by atoms with Crippen LogP contribution >= 0.6 is 0 Å². The van der Waals surface area contributed by atoms with Crippen LogP contribution in [0.5, 0.6) is 0 Å². The van der Waals surface area contributed by atoms with Crippen molar-refractivity contribution in [3.05, 3.63) is 81.0 Å². The number of hydrogen-bond acceptors (Lipinski definition) is 5. The van der Waals surface area contributed by atoms with Gasteiger partial charge in [0.05, 0.1) is 10.9 Å². The van der Waals surface area contributed by atoms with E-state index in [0.29, 0.717) is 17.5 Å². The highest BCUT2D eigenvalue weighted by atomic mass is 16.4. The number of rotatable bonds is 10. The molecule has 3 aromatic rings. The van der Waals surface area contributed by atoms with E-state index in [1.807, 2.05) is 6.92 Å². The second-order valence-corrected chi connectivity index (χ2v) is 8.80. The average Bonchev–Trinajstić information content (AvgIpc) is 2.86. The Hall–Kier alpha value is -4.21. The van der Waals surface area contributed by atoms with Gasteiger partial charge in [-0.05, 0) is 30.5 Å². The normalized spacial score (nSPS) is 14.4. The van der Waals surface area contributed by atoms with Crippen molar-refractivity contribution in [1.29, 1.82) is 0 Å². The summed E-state index contributed by atoms with van der Waals surface area (Å²) >= 11 is 0. The molecule has 0 aliphatic carbocycles. The maximum atomic E-state index is 13.6. The highest BCUT2D eigenvalue weighted by Crippen LogP contribution is 2.16. The standard InChI is InChI=1S/C26H30N4O6/c1-4-15(2)21(23(32)27-16(3)25(34)35)29-22(31)20(14-17-10-6-5-7-11-17)30-24(33)18-12-8-9-13-19(18)28-26(30)36/h5-13,15-16,20-21H,4,14H2,1-3H3,(H,27,32)(H,28,36)(H,29,31)(H,34,35)/t15-,16+,20-,21-/m0/s1. The summed E-state index contributed by atoms with van der Waals surface area (Å²) in [6.45, 7) is 4.90. The van der Waals surface area contributed by atoms with Crippen molar-refractivity contribution in [2.45, 2.75) is 51.7 Å². The number of H-pyrrole nitrogens is 1. The molecule has 0 aliphatic rings. The third-order valence-corrected chi connectivity index (χ3v) is 6.25. The van der Waals surface area contributed by atoms with Crippen LogP contribution in [-0.2, 0) is 20.8 Å². The van der Waals surface area contributed by atoms with Crippen LogP contribution in [0.25, 0.3) is 10.9 Å². The van der Waals surface area contributed by atoms with E-state index < -0.39 is 47.2 Å². The topological polar surface area (TPSA) is 150 Å². The summed E-state index contributed by atoms with van der Waals surface area (Å²) in [7, 11) is 0. The zero-order valence-electron chi connectivity index (χ0n) is 20.4. The lowest BCUT2D eigenvalue weighted by Crippen LogP contribution is -2.56. The molecule has 10 heteroatoms. The highest BCUT2D eigenvalue weighted by molar-refractivity contribution is 5.91. The molecule has 2 amide bonds. The molecule has 4 N–H and O–H groups in total. The van der Waals surface area contributed by atoms with Gasteiger partial charge < -0.3 is 20.7 Å². The molecular weight excluding hydrogens is 464 g/mol. The first-order chi connectivity index (χ1) is 17.1. The predicted octanol–water partition coefficient (Wildman–Crippen LogP) is 1.59. The Morgan fingerprint density at radius 3 is 2.22 bits per heavy atom. The number of amides is 2. The second kappa shape index (κ2) is 11.5. The van der Waals surface area contributed by atoms with E-state index in [9.17, 15) is 24.0 Å². The lowest BCUT2D eigenvalue weighted by molar-refractivity contribution is -0.142. The first-order valence-electron chi connectivity index (χ1n) is 11.7. The fourth-order valence-electron chi connectivity index (χ4n) is 3.91. The summed E-state index contributed by atoms with van der Waals surface area (Å²) in [5.74, 6) is -2.93. The van der Waals surface area contributed by atoms with Crippen LogP contribution in [0.4, 0.5) is 0 Å². The Morgan fingerprint density at radius 1 is 0.944 bits per heavy atom. The van der Waals surface area contributed by atoms with Crippen molar-refractivity contribution >= 4 is 28.7 Å². The number of hydrogen-bond donors (Lipinski definition) is 4. The fourth-order valence-corrected chi connectivity index (χ4v) is 3.91. The maximum absolute atomic E-state index is 13.6. The smallest absolute Gasteiger partial charge is 0.329 e. The molecule has 1 heterocycles. The zero-order chi connectivity index (χ0) is 26.4. The third kappa shape index (κ3) is 5.88. The number of aromatic nitrogens is 2. The Kier molecular flexibility index (Phi) is 8.42. The van der Waals surface area contributed by atoms with E-state index in [1.165, 1.54) is 6.92 Å². The molecule has 0 unspecified atom stereocenters. The summed E-state index contributed by atoms with van der Waals surface area (Å²) < 4.78 is 0.871. The van der Waals surface area contributed by atoms with Gasteiger partial charge in [0.15, 0.2) is 0 Å².